The third kappa shape index (κ3) is 4.53. The van der Waals surface area contributed by atoms with Crippen LogP contribution in [0.2, 0.25) is 0 Å². The van der Waals surface area contributed by atoms with Crippen LogP contribution in [0.5, 0.6) is 0 Å². The van der Waals surface area contributed by atoms with Gasteiger partial charge in [0.2, 0.25) is 0 Å². The fourth-order valence-corrected chi connectivity index (χ4v) is 4.24. The number of amides is 1. The highest BCUT2D eigenvalue weighted by molar-refractivity contribution is 5.69. The van der Waals surface area contributed by atoms with Gasteiger partial charge in [-0.15, -0.1) is 0 Å². The van der Waals surface area contributed by atoms with E-state index in [1.54, 1.807) is 0 Å². The summed E-state index contributed by atoms with van der Waals surface area (Å²) < 4.78 is 10.8. The summed E-state index contributed by atoms with van der Waals surface area (Å²) in [6, 6.07) is 9.70. The average Bonchev–Trinajstić information content (AvgIpc) is 3.21. The molecule has 136 valence electrons. The first-order valence-corrected chi connectivity index (χ1v) is 9.30. The molecule has 3 rings (SSSR count). The maximum absolute atomic E-state index is 12.2. The van der Waals surface area contributed by atoms with Crippen molar-refractivity contribution in [2.24, 2.45) is 17.8 Å². The molecule has 4 atom stereocenters. The predicted molar refractivity (Wildman–Crippen MR) is 93.7 cm³/mol. The number of hydrogen-bond acceptors (Lipinski definition) is 4. The van der Waals surface area contributed by atoms with Gasteiger partial charge in [0.05, 0.1) is 6.61 Å². The number of esters is 1. The Hall–Kier alpha value is -2.04. The van der Waals surface area contributed by atoms with E-state index < -0.39 is 0 Å². The summed E-state index contributed by atoms with van der Waals surface area (Å²) >= 11 is 0. The van der Waals surface area contributed by atoms with Gasteiger partial charge in [0.15, 0.2) is 0 Å². The Morgan fingerprint density at radius 2 is 1.88 bits per heavy atom. The largest absolute Gasteiger partial charge is 0.465 e. The van der Waals surface area contributed by atoms with E-state index in [9.17, 15) is 9.59 Å². The van der Waals surface area contributed by atoms with E-state index in [1.807, 2.05) is 37.3 Å². The van der Waals surface area contributed by atoms with Gasteiger partial charge in [0, 0.05) is 18.4 Å². The molecule has 0 unspecified atom stereocenters. The molecule has 2 fully saturated rings. The number of ether oxygens (including phenoxy) is 2. The summed E-state index contributed by atoms with van der Waals surface area (Å²) in [7, 11) is 0. The van der Waals surface area contributed by atoms with Crippen molar-refractivity contribution in [3.8, 4) is 0 Å². The molecule has 1 N–H and O–H groups in total. The molecule has 1 aromatic rings. The van der Waals surface area contributed by atoms with Gasteiger partial charge in [-0.1, -0.05) is 37.3 Å². The van der Waals surface area contributed by atoms with Crippen molar-refractivity contribution in [2.75, 3.05) is 6.61 Å². The van der Waals surface area contributed by atoms with Gasteiger partial charge in [0.25, 0.3) is 0 Å². The molecule has 0 aromatic heterocycles. The molecular weight excluding hydrogens is 318 g/mol. The van der Waals surface area contributed by atoms with Gasteiger partial charge < -0.3 is 14.8 Å². The number of carbonyl (C=O) groups excluding carboxylic acids is 2. The summed E-state index contributed by atoms with van der Waals surface area (Å²) in [5, 5.41) is 3.03. The Kier molecular flexibility index (Phi) is 5.95. The summed E-state index contributed by atoms with van der Waals surface area (Å²) in [5.74, 6) is 1.09. The van der Waals surface area contributed by atoms with E-state index in [-0.39, 0.29) is 30.6 Å². The minimum Gasteiger partial charge on any atom is -0.465 e. The zero-order valence-electron chi connectivity index (χ0n) is 14.8. The standard InChI is InChI=1S/C20H27NO4/c1-2-6-18(22)24-13-17-15-9-10-16(11-15)19(17)21-20(23)25-12-14-7-4-3-5-8-14/h3-5,7-8,15-17,19H,2,6,9-13H2,1H3,(H,21,23)/t15-,16+,17+,19-/m1/s1. The molecule has 0 saturated heterocycles. The quantitative estimate of drug-likeness (QED) is 0.766. The topological polar surface area (TPSA) is 64.6 Å². The summed E-state index contributed by atoms with van der Waals surface area (Å²) in [6.45, 7) is 2.64. The normalized spacial score (nSPS) is 27.1. The van der Waals surface area contributed by atoms with Crippen molar-refractivity contribution < 1.29 is 19.1 Å². The van der Waals surface area contributed by atoms with Crippen LogP contribution in [0.3, 0.4) is 0 Å². The Labute approximate surface area is 149 Å². The maximum Gasteiger partial charge on any atom is 0.407 e. The number of hydrogen-bond donors (Lipinski definition) is 1. The smallest absolute Gasteiger partial charge is 0.407 e. The lowest BCUT2D eigenvalue weighted by Gasteiger charge is -2.31. The van der Waals surface area contributed by atoms with Crippen LogP contribution >= 0.6 is 0 Å². The van der Waals surface area contributed by atoms with E-state index >= 15 is 0 Å². The van der Waals surface area contributed by atoms with Gasteiger partial charge in [0.1, 0.15) is 6.61 Å². The van der Waals surface area contributed by atoms with Gasteiger partial charge in [-0.3, -0.25) is 4.79 Å². The molecule has 1 amide bonds. The SMILES string of the molecule is CCCC(=O)OC[C@H]1[C@@H]2CC[C@@H](C2)[C@H]1NC(=O)OCc1ccccc1. The monoisotopic (exact) mass is 345 g/mol. The molecule has 0 aliphatic heterocycles. The second-order valence-corrected chi connectivity index (χ2v) is 7.16. The lowest BCUT2D eigenvalue weighted by Crippen LogP contribution is -2.45. The van der Waals surface area contributed by atoms with Gasteiger partial charge >= 0.3 is 12.1 Å². The average molecular weight is 345 g/mol. The van der Waals surface area contributed by atoms with E-state index in [0.717, 1.165) is 31.2 Å². The van der Waals surface area contributed by atoms with Crippen LogP contribution in [0.25, 0.3) is 0 Å². The Morgan fingerprint density at radius 3 is 2.64 bits per heavy atom. The third-order valence-electron chi connectivity index (χ3n) is 5.48. The highest BCUT2D eigenvalue weighted by Gasteiger charge is 2.48. The minimum atomic E-state index is -0.383. The van der Waals surface area contributed by atoms with Gasteiger partial charge in [-0.2, -0.15) is 0 Å². The molecule has 0 spiro atoms. The molecule has 2 aliphatic rings. The molecule has 2 bridgehead atoms. The molecule has 0 radical (unpaired) electrons. The van der Waals surface area contributed by atoms with Crippen molar-refractivity contribution in [2.45, 2.75) is 51.7 Å². The molecular formula is C20H27NO4. The first kappa shape index (κ1) is 17.8. The fourth-order valence-electron chi connectivity index (χ4n) is 4.24. The van der Waals surface area contributed by atoms with E-state index in [0.29, 0.717) is 24.9 Å². The summed E-state index contributed by atoms with van der Waals surface area (Å²) in [6.07, 6.45) is 4.28. The van der Waals surface area contributed by atoms with Crippen molar-refractivity contribution in [3.05, 3.63) is 35.9 Å². The summed E-state index contributed by atoms with van der Waals surface area (Å²) in [4.78, 5) is 23.9. The predicted octanol–water partition coefficient (Wildman–Crippen LogP) is 3.67. The maximum atomic E-state index is 12.2. The van der Waals surface area contributed by atoms with Crippen molar-refractivity contribution >= 4 is 12.1 Å². The Bertz CT molecular complexity index is 589. The third-order valence-corrected chi connectivity index (χ3v) is 5.48. The Morgan fingerprint density at radius 1 is 1.12 bits per heavy atom. The molecule has 5 nitrogen and oxygen atoms in total. The van der Waals surface area contributed by atoms with E-state index in [2.05, 4.69) is 5.32 Å². The lowest BCUT2D eigenvalue weighted by atomic mass is 9.85. The van der Waals surface area contributed by atoms with Crippen LogP contribution in [0.4, 0.5) is 4.79 Å². The van der Waals surface area contributed by atoms with Crippen LogP contribution in [-0.2, 0) is 20.9 Å². The number of benzene rings is 1. The minimum absolute atomic E-state index is 0.0523. The van der Waals surface area contributed by atoms with Gasteiger partial charge in [-0.25, -0.2) is 4.79 Å². The van der Waals surface area contributed by atoms with Crippen LogP contribution in [0.15, 0.2) is 30.3 Å². The van der Waals surface area contributed by atoms with Crippen LogP contribution in [0, 0.1) is 17.8 Å². The lowest BCUT2D eigenvalue weighted by molar-refractivity contribution is -0.145. The molecule has 0 heterocycles. The summed E-state index contributed by atoms with van der Waals surface area (Å²) in [5.41, 5.74) is 0.968. The van der Waals surface area contributed by atoms with E-state index in [4.69, 9.17) is 9.47 Å². The molecule has 25 heavy (non-hydrogen) atoms. The zero-order valence-corrected chi connectivity index (χ0v) is 14.8. The van der Waals surface area contributed by atoms with E-state index in [1.165, 1.54) is 0 Å². The van der Waals surface area contributed by atoms with Crippen LogP contribution in [-0.4, -0.2) is 24.7 Å². The second-order valence-electron chi connectivity index (χ2n) is 7.16. The molecule has 2 saturated carbocycles. The first-order chi connectivity index (χ1) is 12.2. The van der Waals surface area contributed by atoms with Crippen LogP contribution in [0.1, 0.15) is 44.6 Å². The van der Waals surface area contributed by atoms with Crippen molar-refractivity contribution in [1.29, 1.82) is 0 Å². The number of fused-ring (bicyclic) bond motifs is 2. The highest BCUT2D eigenvalue weighted by atomic mass is 16.5. The Balaban J connectivity index is 1.50. The number of rotatable bonds is 7. The number of carbonyl (C=O) groups is 2. The highest BCUT2D eigenvalue weighted by Crippen LogP contribution is 2.48. The van der Waals surface area contributed by atoms with Crippen molar-refractivity contribution in [3.63, 3.8) is 0 Å². The number of nitrogens with one attached hydrogen (secondary N) is 1. The first-order valence-electron chi connectivity index (χ1n) is 9.30. The molecule has 1 aromatic carbocycles. The second kappa shape index (κ2) is 8.37. The molecule has 5 heteroatoms. The zero-order chi connectivity index (χ0) is 17.6. The molecule has 2 aliphatic carbocycles. The number of alkyl carbamates (subject to hydrolysis) is 1. The fraction of sp³-hybridized carbons (Fsp3) is 0.600. The van der Waals surface area contributed by atoms with Crippen molar-refractivity contribution in [1.82, 2.24) is 5.32 Å². The van der Waals surface area contributed by atoms with Gasteiger partial charge in [-0.05, 0) is 43.1 Å². The van der Waals surface area contributed by atoms with Crippen LogP contribution < -0.4 is 5.32 Å².